The van der Waals surface area contributed by atoms with Gasteiger partial charge in [0, 0.05) is 11.1 Å². The Bertz CT molecular complexity index is 323. The van der Waals surface area contributed by atoms with Crippen molar-refractivity contribution >= 4 is 6.29 Å². The smallest absolute Gasteiger partial charge is 0.150 e. The number of benzene rings is 1. The number of hydrogen-bond acceptors (Lipinski definition) is 2. The van der Waals surface area contributed by atoms with Crippen LogP contribution in [-0.4, -0.2) is 6.29 Å². The molecule has 0 amide bonds. The van der Waals surface area contributed by atoms with Crippen molar-refractivity contribution < 1.29 is 4.79 Å². The SMILES string of the molecule is Cc1ccc(C(C)(C)N)c(C=O)c1. The summed E-state index contributed by atoms with van der Waals surface area (Å²) < 4.78 is 0. The summed E-state index contributed by atoms with van der Waals surface area (Å²) in [5.74, 6) is 0. The zero-order valence-electron chi connectivity index (χ0n) is 8.29. The van der Waals surface area contributed by atoms with Crippen molar-refractivity contribution in [2.45, 2.75) is 26.3 Å². The molecule has 0 bridgehead atoms. The lowest BCUT2D eigenvalue weighted by atomic mass is 9.90. The second kappa shape index (κ2) is 3.30. The van der Waals surface area contributed by atoms with Crippen molar-refractivity contribution in [1.29, 1.82) is 0 Å². The molecule has 0 aliphatic heterocycles. The van der Waals surface area contributed by atoms with Crippen molar-refractivity contribution in [3.05, 3.63) is 34.9 Å². The van der Waals surface area contributed by atoms with Gasteiger partial charge in [0.25, 0.3) is 0 Å². The first-order valence-electron chi connectivity index (χ1n) is 4.30. The molecule has 0 fully saturated rings. The van der Waals surface area contributed by atoms with Gasteiger partial charge in [0.1, 0.15) is 6.29 Å². The number of hydrogen-bond donors (Lipinski definition) is 1. The van der Waals surface area contributed by atoms with Crippen LogP contribution in [-0.2, 0) is 5.54 Å². The van der Waals surface area contributed by atoms with E-state index in [4.69, 9.17) is 5.73 Å². The Morgan fingerprint density at radius 2 is 2.00 bits per heavy atom. The van der Waals surface area contributed by atoms with E-state index >= 15 is 0 Å². The van der Waals surface area contributed by atoms with Gasteiger partial charge in [0.15, 0.2) is 0 Å². The molecule has 0 radical (unpaired) electrons. The average molecular weight is 177 g/mol. The standard InChI is InChI=1S/C11H15NO/c1-8-4-5-10(11(2,3)12)9(6-8)7-13/h4-7H,12H2,1-3H3. The molecular formula is C11H15NO. The molecule has 0 saturated carbocycles. The average Bonchev–Trinajstić information content (AvgIpc) is 2.01. The maximum absolute atomic E-state index is 10.8. The Labute approximate surface area is 78.8 Å². The molecule has 0 spiro atoms. The Morgan fingerprint density at radius 1 is 1.38 bits per heavy atom. The molecule has 70 valence electrons. The van der Waals surface area contributed by atoms with Gasteiger partial charge < -0.3 is 5.73 Å². The quantitative estimate of drug-likeness (QED) is 0.702. The van der Waals surface area contributed by atoms with Crippen molar-refractivity contribution in [2.24, 2.45) is 5.73 Å². The van der Waals surface area contributed by atoms with E-state index in [1.165, 1.54) is 0 Å². The van der Waals surface area contributed by atoms with Crippen LogP contribution in [0.25, 0.3) is 0 Å². The van der Waals surface area contributed by atoms with Gasteiger partial charge in [0.2, 0.25) is 0 Å². The maximum Gasteiger partial charge on any atom is 0.150 e. The van der Waals surface area contributed by atoms with Gasteiger partial charge in [-0.3, -0.25) is 4.79 Å². The van der Waals surface area contributed by atoms with Gasteiger partial charge in [-0.2, -0.15) is 0 Å². The third-order valence-corrected chi connectivity index (χ3v) is 2.03. The fraction of sp³-hybridized carbons (Fsp3) is 0.364. The minimum absolute atomic E-state index is 0.454. The molecular weight excluding hydrogens is 162 g/mol. The number of aryl methyl sites for hydroxylation is 1. The zero-order valence-corrected chi connectivity index (χ0v) is 8.29. The monoisotopic (exact) mass is 177 g/mol. The Morgan fingerprint density at radius 3 is 2.46 bits per heavy atom. The number of aldehydes is 1. The van der Waals surface area contributed by atoms with Gasteiger partial charge in [-0.15, -0.1) is 0 Å². The Balaban J connectivity index is 3.29. The summed E-state index contributed by atoms with van der Waals surface area (Å²) in [6.45, 7) is 5.75. The summed E-state index contributed by atoms with van der Waals surface area (Å²) in [7, 11) is 0. The minimum Gasteiger partial charge on any atom is -0.322 e. The highest BCUT2D eigenvalue weighted by Gasteiger charge is 2.17. The van der Waals surface area contributed by atoms with E-state index in [-0.39, 0.29) is 0 Å². The Kier molecular flexibility index (Phi) is 2.52. The first kappa shape index (κ1) is 9.93. The lowest BCUT2D eigenvalue weighted by Gasteiger charge is -2.21. The molecule has 0 unspecified atom stereocenters. The van der Waals surface area contributed by atoms with Crippen LogP contribution in [0.2, 0.25) is 0 Å². The molecule has 0 aliphatic carbocycles. The van der Waals surface area contributed by atoms with Crippen LogP contribution < -0.4 is 5.73 Å². The fourth-order valence-electron chi connectivity index (χ4n) is 1.37. The van der Waals surface area contributed by atoms with E-state index in [1.54, 1.807) is 0 Å². The maximum atomic E-state index is 10.8. The van der Waals surface area contributed by atoms with Crippen molar-refractivity contribution in [3.63, 3.8) is 0 Å². The fourth-order valence-corrected chi connectivity index (χ4v) is 1.37. The predicted octanol–water partition coefficient (Wildman–Crippen LogP) is 2.00. The molecule has 1 aromatic carbocycles. The van der Waals surface area contributed by atoms with Crippen LogP contribution >= 0.6 is 0 Å². The highest BCUT2D eigenvalue weighted by molar-refractivity contribution is 5.78. The lowest BCUT2D eigenvalue weighted by Crippen LogP contribution is -2.30. The van der Waals surface area contributed by atoms with Gasteiger partial charge in [-0.05, 0) is 32.4 Å². The lowest BCUT2D eigenvalue weighted by molar-refractivity contribution is 0.112. The summed E-state index contributed by atoms with van der Waals surface area (Å²) in [5, 5.41) is 0. The summed E-state index contributed by atoms with van der Waals surface area (Å²) >= 11 is 0. The second-order valence-electron chi connectivity index (χ2n) is 3.93. The Hall–Kier alpha value is -1.15. The largest absolute Gasteiger partial charge is 0.322 e. The summed E-state index contributed by atoms with van der Waals surface area (Å²) in [4.78, 5) is 10.8. The van der Waals surface area contributed by atoms with Crippen LogP contribution in [0.3, 0.4) is 0 Å². The number of carbonyl (C=O) groups excluding carboxylic acids is 1. The molecule has 2 N–H and O–H groups in total. The minimum atomic E-state index is -0.454. The number of carbonyl (C=O) groups is 1. The van der Waals surface area contributed by atoms with Crippen LogP contribution in [0, 0.1) is 6.92 Å². The van der Waals surface area contributed by atoms with Crippen LogP contribution in [0.15, 0.2) is 18.2 Å². The molecule has 0 atom stereocenters. The molecule has 2 heteroatoms. The van der Waals surface area contributed by atoms with Crippen LogP contribution in [0.1, 0.15) is 35.3 Å². The molecule has 0 saturated heterocycles. The van der Waals surface area contributed by atoms with Crippen LogP contribution in [0.4, 0.5) is 0 Å². The van der Waals surface area contributed by atoms with E-state index in [1.807, 2.05) is 39.0 Å². The zero-order chi connectivity index (χ0) is 10.1. The normalized spacial score (nSPS) is 11.4. The molecule has 1 rings (SSSR count). The topological polar surface area (TPSA) is 43.1 Å². The van der Waals surface area contributed by atoms with E-state index in [2.05, 4.69) is 0 Å². The third-order valence-electron chi connectivity index (χ3n) is 2.03. The van der Waals surface area contributed by atoms with Gasteiger partial charge in [0.05, 0.1) is 0 Å². The predicted molar refractivity (Wildman–Crippen MR) is 53.8 cm³/mol. The van der Waals surface area contributed by atoms with Crippen molar-refractivity contribution in [1.82, 2.24) is 0 Å². The molecule has 2 nitrogen and oxygen atoms in total. The van der Waals surface area contributed by atoms with Gasteiger partial charge in [-0.25, -0.2) is 0 Å². The summed E-state index contributed by atoms with van der Waals surface area (Å²) in [6.07, 6.45) is 0.858. The van der Waals surface area contributed by atoms with E-state index in [0.717, 1.165) is 17.4 Å². The van der Waals surface area contributed by atoms with Crippen LogP contribution in [0.5, 0.6) is 0 Å². The molecule has 1 aromatic rings. The first-order chi connectivity index (χ1) is 5.95. The van der Waals surface area contributed by atoms with Crippen molar-refractivity contribution in [2.75, 3.05) is 0 Å². The highest BCUT2D eigenvalue weighted by Crippen LogP contribution is 2.21. The molecule has 13 heavy (non-hydrogen) atoms. The summed E-state index contributed by atoms with van der Waals surface area (Å²) in [5.41, 5.74) is 8.13. The van der Waals surface area contributed by atoms with Gasteiger partial charge in [-0.1, -0.05) is 17.7 Å². The van der Waals surface area contributed by atoms with E-state index in [9.17, 15) is 4.79 Å². The summed E-state index contributed by atoms with van der Waals surface area (Å²) in [6, 6.07) is 5.74. The first-order valence-corrected chi connectivity index (χ1v) is 4.30. The second-order valence-corrected chi connectivity index (χ2v) is 3.93. The van der Waals surface area contributed by atoms with Crippen molar-refractivity contribution in [3.8, 4) is 0 Å². The van der Waals surface area contributed by atoms with Gasteiger partial charge >= 0.3 is 0 Å². The third kappa shape index (κ3) is 2.16. The molecule has 0 heterocycles. The number of rotatable bonds is 2. The highest BCUT2D eigenvalue weighted by atomic mass is 16.1. The molecule has 0 aliphatic rings. The van der Waals surface area contributed by atoms with E-state index < -0.39 is 5.54 Å². The number of nitrogens with two attached hydrogens (primary N) is 1. The van der Waals surface area contributed by atoms with E-state index in [0.29, 0.717) is 5.56 Å². The molecule has 0 aromatic heterocycles.